The smallest absolute Gasteiger partial charge is 0.302 e. The zero-order chi connectivity index (χ0) is 20.8. The Kier molecular flexibility index (Phi) is 13.1. The summed E-state index contributed by atoms with van der Waals surface area (Å²) < 4.78 is 22.8. The van der Waals surface area contributed by atoms with Crippen molar-refractivity contribution in [2.45, 2.75) is 135 Å². The highest BCUT2D eigenvalue weighted by atomic mass is 31.2. The molecule has 0 aliphatic heterocycles. The van der Waals surface area contributed by atoms with E-state index in [2.05, 4.69) is 6.92 Å². The molecule has 29 heavy (non-hydrogen) atoms. The second kappa shape index (κ2) is 15.0. The zero-order valence-electron chi connectivity index (χ0n) is 19.0. The average molecular weight is 431 g/mol. The number of phosphoric acid groups is 1. The molecular weight excluding hydrogens is 383 g/mol. The summed E-state index contributed by atoms with van der Waals surface area (Å²) in [5.74, 6) is 1.40. The molecule has 2 fully saturated rings. The molecule has 1 N–H and O–H groups in total. The first-order valence-corrected chi connectivity index (χ1v) is 14.2. The Hall–Kier alpha value is 0.110. The van der Waals surface area contributed by atoms with Gasteiger partial charge in [-0.15, -0.1) is 0 Å². The van der Waals surface area contributed by atoms with Crippen LogP contribution in [0, 0.1) is 11.8 Å². The molecule has 0 spiro atoms. The fraction of sp³-hybridized carbons (Fsp3) is 1.00. The second-order valence-electron chi connectivity index (χ2n) is 9.64. The Labute approximate surface area is 180 Å². The highest BCUT2D eigenvalue weighted by molar-refractivity contribution is 7.47. The first kappa shape index (κ1) is 25.4. The summed E-state index contributed by atoms with van der Waals surface area (Å²) in [4.78, 5) is 9.97. The fourth-order valence-corrected chi connectivity index (χ4v) is 6.20. The Balaban J connectivity index is 1.34. The van der Waals surface area contributed by atoms with Gasteiger partial charge in [-0.2, -0.15) is 0 Å². The summed E-state index contributed by atoms with van der Waals surface area (Å²) in [5, 5.41) is 0. The third-order valence-corrected chi connectivity index (χ3v) is 7.95. The lowest BCUT2D eigenvalue weighted by Crippen LogP contribution is -2.23. The van der Waals surface area contributed by atoms with Crippen molar-refractivity contribution in [1.82, 2.24) is 0 Å². The fourth-order valence-electron chi connectivity index (χ4n) is 5.23. The Morgan fingerprint density at radius 2 is 1.17 bits per heavy atom. The molecule has 2 aliphatic rings. The van der Waals surface area contributed by atoms with Crippen molar-refractivity contribution in [2.24, 2.45) is 11.8 Å². The van der Waals surface area contributed by atoms with Gasteiger partial charge in [-0.25, -0.2) is 4.57 Å². The van der Waals surface area contributed by atoms with Crippen LogP contribution in [-0.2, 0) is 13.6 Å². The molecule has 0 aromatic heterocycles. The van der Waals surface area contributed by atoms with Gasteiger partial charge in [0.15, 0.2) is 0 Å². The van der Waals surface area contributed by atoms with Crippen LogP contribution < -0.4 is 0 Å². The summed E-state index contributed by atoms with van der Waals surface area (Å²) in [6, 6.07) is 0. The highest BCUT2D eigenvalue weighted by Gasteiger charge is 2.38. The van der Waals surface area contributed by atoms with Crippen LogP contribution in [0.1, 0.15) is 129 Å². The topological polar surface area (TPSA) is 55.8 Å². The lowest BCUT2D eigenvalue weighted by molar-refractivity contribution is 0.0636. The summed E-state index contributed by atoms with van der Waals surface area (Å²) in [7, 11) is -3.87. The molecule has 0 amide bonds. The number of unbranched alkanes of at least 4 members (excludes halogenated alkanes) is 13. The van der Waals surface area contributed by atoms with E-state index in [0.29, 0.717) is 18.4 Å². The van der Waals surface area contributed by atoms with Crippen molar-refractivity contribution in [3.63, 3.8) is 0 Å². The van der Waals surface area contributed by atoms with E-state index in [1.54, 1.807) is 0 Å². The number of hydrogen-bond acceptors (Lipinski definition) is 3. The summed E-state index contributed by atoms with van der Waals surface area (Å²) in [5.41, 5.74) is 0. The quantitative estimate of drug-likeness (QED) is 0.176. The Bertz CT molecular complexity index is 444. The molecule has 172 valence electrons. The van der Waals surface area contributed by atoms with Crippen LogP contribution in [0.5, 0.6) is 0 Å². The Morgan fingerprint density at radius 1 is 0.724 bits per heavy atom. The first-order chi connectivity index (χ1) is 14.1. The Morgan fingerprint density at radius 3 is 1.66 bits per heavy atom. The molecule has 2 rings (SSSR count). The molecule has 0 heterocycles. The molecule has 0 radical (unpaired) electrons. The van der Waals surface area contributed by atoms with Crippen molar-refractivity contribution in [2.75, 3.05) is 6.61 Å². The standard InChI is InChI=1S/C24H47O4P/c1-2-3-4-5-6-7-8-9-10-11-12-13-14-15-18-27-29(25,26)28-24-20-22-16-17-23(19-22)21-24/h22-24H,2-21H2,1H3,(H,25,26)/t22-,23?,24?/m0/s1. The normalized spacial score (nSPS) is 25.9. The van der Waals surface area contributed by atoms with Crippen LogP contribution in [-0.4, -0.2) is 17.6 Å². The van der Waals surface area contributed by atoms with E-state index in [4.69, 9.17) is 9.05 Å². The van der Waals surface area contributed by atoms with Crippen LogP contribution >= 0.6 is 7.82 Å². The van der Waals surface area contributed by atoms with Crippen molar-refractivity contribution in [3.05, 3.63) is 0 Å². The number of hydrogen-bond donors (Lipinski definition) is 1. The monoisotopic (exact) mass is 430 g/mol. The summed E-state index contributed by atoms with van der Waals surface area (Å²) >= 11 is 0. The van der Waals surface area contributed by atoms with Crippen LogP contribution in [0.2, 0.25) is 0 Å². The van der Waals surface area contributed by atoms with E-state index in [0.717, 1.165) is 25.7 Å². The minimum absolute atomic E-state index is 0.0755. The first-order valence-electron chi connectivity index (χ1n) is 12.7. The van der Waals surface area contributed by atoms with E-state index in [-0.39, 0.29) is 6.10 Å². The zero-order valence-corrected chi connectivity index (χ0v) is 19.9. The molecule has 4 atom stereocenters. The van der Waals surface area contributed by atoms with Crippen molar-refractivity contribution in [1.29, 1.82) is 0 Å². The van der Waals surface area contributed by atoms with Crippen LogP contribution in [0.15, 0.2) is 0 Å². The van der Waals surface area contributed by atoms with E-state index in [1.165, 1.54) is 96.3 Å². The molecule has 2 aliphatic carbocycles. The van der Waals surface area contributed by atoms with Crippen LogP contribution in [0.25, 0.3) is 0 Å². The minimum atomic E-state index is -3.87. The van der Waals surface area contributed by atoms with Gasteiger partial charge in [0.2, 0.25) is 0 Å². The molecule has 2 saturated carbocycles. The summed E-state index contributed by atoms with van der Waals surface area (Å²) in [6.07, 6.45) is 23.8. The second-order valence-corrected chi connectivity index (χ2v) is 11.0. The number of fused-ring (bicyclic) bond motifs is 2. The van der Waals surface area contributed by atoms with Gasteiger partial charge in [0.1, 0.15) is 0 Å². The molecular formula is C24H47O4P. The lowest BCUT2D eigenvalue weighted by atomic mass is 9.87. The van der Waals surface area contributed by atoms with Gasteiger partial charge in [-0.05, 0) is 37.5 Å². The molecule has 0 aromatic rings. The molecule has 0 saturated heterocycles. The van der Waals surface area contributed by atoms with Gasteiger partial charge in [0.05, 0.1) is 12.7 Å². The van der Waals surface area contributed by atoms with Gasteiger partial charge in [0, 0.05) is 0 Å². The maximum atomic E-state index is 12.2. The molecule has 0 aromatic carbocycles. The van der Waals surface area contributed by atoms with Crippen molar-refractivity contribution < 1.29 is 18.5 Å². The van der Waals surface area contributed by atoms with Crippen molar-refractivity contribution in [3.8, 4) is 0 Å². The van der Waals surface area contributed by atoms with E-state index in [9.17, 15) is 9.46 Å². The lowest BCUT2D eigenvalue weighted by Gasteiger charge is -2.28. The van der Waals surface area contributed by atoms with Gasteiger partial charge in [0.25, 0.3) is 0 Å². The third kappa shape index (κ3) is 11.9. The molecule has 2 bridgehead atoms. The largest absolute Gasteiger partial charge is 0.472 e. The van der Waals surface area contributed by atoms with Gasteiger partial charge < -0.3 is 4.89 Å². The summed E-state index contributed by atoms with van der Waals surface area (Å²) in [6.45, 7) is 2.61. The third-order valence-electron chi connectivity index (χ3n) is 6.88. The van der Waals surface area contributed by atoms with Crippen molar-refractivity contribution >= 4 is 7.82 Å². The molecule has 3 unspecified atom stereocenters. The number of phosphoric ester groups is 1. The van der Waals surface area contributed by atoms with Gasteiger partial charge in [-0.1, -0.05) is 103 Å². The maximum absolute atomic E-state index is 12.2. The SMILES string of the molecule is CCCCCCCCCCCCCCCCOP(=O)(O)OC1CC2CC[C@@H](C2)C1. The highest BCUT2D eigenvalue weighted by Crippen LogP contribution is 2.51. The molecule has 4 nitrogen and oxygen atoms in total. The number of rotatable bonds is 18. The van der Waals surface area contributed by atoms with Crippen LogP contribution in [0.3, 0.4) is 0 Å². The van der Waals surface area contributed by atoms with E-state index >= 15 is 0 Å². The van der Waals surface area contributed by atoms with E-state index in [1.807, 2.05) is 0 Å². The maximum Gasteiger partial charge on any atom is 0.472 e. The van der Waals surface area contributed by atoms with E-state index < -0.39 is 7.82 Å². The average Bonchev–Trinajstić information content (AvgIpc) is 3.02. The minimum Gasteiger partial charge on any atom is -0.302 e. The van der Waals surface area contributed by atoms with Crippen LogP contribution in [0.4, 0.5) is 0 Å². The van der Waals surface area contributed by atoms with Gasteiger partial charge >= 0.3 is 7.82 Å². The molecule has 5 heteroatoms. The van der Waals surface area contributed by atoms with Gasteiger partial charge in [-0.3, -0.25) is 9.05 Å². The predicted molar refractivity (Wildman–Crippen MR) is 121 cm³/mol. The predicted octanol–water partition coefficient (Wildman–Crippen LogP) is 8.18.